The van der Waals surface area contributed by atoms with Crippen LogP contribution >= 0.6 is 34.4 Å². The Kier molecular flexibility index (Phi) is 6.66. The van der Waals surface area contributed by atoms with Gasteiger partial charge in [-0.2, -0.15) is 0 Å². The SMILES string of the molecule is COc1ccc(/C=C2\SC(=O)N(CCOc3cc(C)ccc3C)C2=O)cc1I. The standard InChI is InChI=1S/C21H20INO4S/c1-13-4-5-14(2)18(10-13)27-9-8-23-20(24)19(28-21(23)25)12-15-6-7-17(26-3)16(22)11-15/h4-7,10-12H,8-9H2,1-3H3/b19-12-. The number of ether oxygens (including phenoxy) is 2. The van der Waals surface area contributed by atoms with E-state index in [4.69, 9.17) is 9.47 Å². The number of aryl methyl sites for hydroxylation is 2. The van der Waals surface area contributed by atoms with E-state index >= 15 is 0 Å². The molecule has 3 rings (SSSR count). The number of hydrogen-bond acceptors (Lipinski definition) is 5. The summed E-state index contributed by atoms with van der Waals surface area (Å²) in [5.74, 6) is 1.26. The molecule has 0 N–H and O–H groups in total. The summed E-state index contributed by atoms with van der Waals surface area (Å²) < 4.78 is 12.0. The molecule has 0 spiro atoms. The number of methoxy groups -OCH3 is 1. The van der Waals surface area contributed by atoms with Gasteiger partial charge in [0, 0.05) is 0 Å². The summed E-state index contributed by atoms with van der Waals surface area (Å²) in [5.41, 5.74) is 2.97. The van der Waals surface area contributed by atoms with Gasteiger partial charge >= 0.3 is 0 Å². The fourth-order valence-electron chi connectivity index (χ4n) is 2.73. The monoisotopic (exact) mass is 509 g/mol. The van der Waals surface area contributed by atoms with Crippen molar-refractivity contribution < 1.29 is 19.1 Å². The largest absolute Gasteiger partial charge is 0.496 e. The van der Waals surface area contributed by atoms with Crippen molar-refractivity contribution in [1.29, 1.82) is 0 Å². The molecule has 7 heteroatoms. The molecule has 0 aromatic heterocycles. The van der Waals surface area contributed by atoms with Crippen molar-refractivity contribution in [1.82, 2.24) is 4.90 Å². The molecule has 28 heavy (non-hydrogen) atoms. The third kappa shape index (κ3) is 4.70. The predicted molar refractivity (Wildman–Crippen MR) is 120 cm³/mol. The van der Waals surface area contributed by atoms with Gasteiger partial charge in [-0.05, 0) is 89.2 Å². The molecule has 0 bridgehead atoms. The lowest BCUT2D eigenvalue weighted by Gasteiger charge is -2.14. The first-order valence-electron chi connectivity index (χ1n) is 8.68. The fraction of sp³-hybridized carbons (Fsp3) is 0.238. The maximum Gasteiger partial charge on any atom is 0.293 e. The van der Waals surface area contributed by atoms with Gasteiger partial charge in [0.25, 0.3) is 11.1 Å². The number of nitrogens with zero attached hydrogens (tertiary/aromatic N) is 1. The van der Waals surface area contributed by atoms with E-state index in [-0.39, 0.29) is 24.3 Å². The van der Waals surface area contributed by atoms with E-state index in [1.165, 1.54) is 4.90 Å². The van der Waals surface area contributed by atoms with Gasteiger partial charge < -0.3 is 9.47 Å². The van der Waals surface area contributed by atoms with Crippen LogP contribution < -0.4 is 9.47 Å². The van der Waals surface area contributed by atoms with Gasteiger partial charge in [0.1, 0.15) is 18.1 Å². The molecule has 0 saturated carbocycles. The number of thioether (sulfide) groups is 1. The summed E-state index contributed by atoms with van der Waals surface area (Å²) in [4.78, 5) is 26.5. The Morgan fingerprint density at radius 3 is 2.61 bits per heavy atom. The van der Waals surface area contributed by atoms with E-state index in [9.17, 15) is 9.59 Å². The minimum Gasteiger partial charge on any atom is -0.496 e. The van der Waals surface area contributed by atoms with Gasteiger partial charge in [-0.1, -0.05) is 18.2 Å². The molecule has 0 unspecified atom stereocenters. The number of carbonyl (C=O) groups is 2. The quantitative estimate of drug-likeness (QED) is 0.404. The second-order valence-electron chi connectivity index (χ2n) is 6.34. The summed E-state index contributed by atoms with van der Waals surface area (Å²) in [6, 6.07) is 11.6. The van der Waals surface area contributed by atoms with Gasteiger partial charge in [-0.25, -0.2) is 0 Å². The van der Waals surface area contributed by atoms with Crippen molar-refractivity contribution in [3.8, 4) is 11.5 Å². The predicted octanol–water partition coefficient (Wildman–Crippen LogP) is 5.03. The number of carbonyl (C=O) groups excluding carboxylic acids is 2. The lowest BCUT2D eigenvalue weighted by Crippen LogP contribution is -2.32. The molecule has 146 valence electrons. The second-order valence-corrected chi connectivity index (χ2v) is 8.50. The van der Waals surface area contributed by atoms with Gasteiger partial charge in [-0.15, -0.1) is 0 Å². The van der Waals surface area contributed by atoms with Crippen LogP contribution in [0, 0.1) is 17.4 Å². The first-order valence-corrected chi connectivity index (χ1v) is 10.6. The van der Waals surface area contributed by atoms with Gasteiger partial charge in [0.05, 0.1) is 22.1 Å². The molecular weight excluding hydrogens is 489 g/mol. The van der Waals surface area contributed by atoms with Crippen LogP contribution in [0.4, 0.5) is 4.79 Å². The van der Waals surface area contributed by atoms with Gasteiger partial charge in [0.2, 0.25) is 0 Å². The van der Waals surface area contributed by atoms with Crippen LogP contribution in [0.3, 0.4) is 0 Å². The third-order valence-corrected chi connectivity index (χ3v) is 6.01. The zero-order valence-electron chi connectivity index (χ0n) is 15.8. The Hall–Kier alpha value is -2.00. The molecule has 2 aromatic carbocycles. The number of halogens is 1. The van der Waals surface area contributed by atoms with Crippen LogP contribution in [0.15, 0.2) is 41.3 Å². The van der Waals surface area contributed by atoms with Crippen molar-refractivity contribution in [3.63, 3.8) is 0 Å². The van der Waals surface area contributed by atoms with E-state index < -0.39 is 0 Å². The minimum atomic E-state index is -0.287. The molecular formula is C21H20INO4S. The Bertz CT molecular complexity index is 957. The molecule has 1 aliphatic rings. The summed E-state index contributed by atoms with van der Waals surface area (Å²) >= 11 is 3.13. The molecule has 1 fully saturated rings. The van der Waals surface area contributed by atoms with Crippen LogP contribution in [-0.4, -0.2) is 36.3 Å². The Morgan fingerprint density at radius 2 is 1.89 bits per heavy atom. The lowest BCUT2D eigenvalue weighted by atomic mass is 10.1. The maximum absolute atomic E-state index is 12.6. The zero-order valence-corrected chi connectivity index (χ0v) is 18.8. The summed E-state index contributed by atoms with van der Waals surface area (Å²) in [7, 11) is 1.61. The average molecular weight is 509 g/mol. The Balaban J connectivity index is 1.66. The van der Waals surface area contributed by atoms with Crippen LogP contribution in [0.25, 0.3) is 6.08 Å². The third-order valence-electron chi connectivity index (χ3n) is 4.26. The van der Waals surface area contributed by atoms with Crippen molar-refractivity contribution in [2.75, 3.05) is 20.3 Å². The molecule has 2 aromatic rings. The van der Waals surface area contributed by atoms with E-state index in [0.29, 0.717) is 4.91 Å². The highest BCUT2D eigenvalue weighted by atomic mass is 127. The Labute approximate surface area is 182 Å². The summed E-state index contributed by atoms with van der Waals surface area (Å²) in [5, 5.41) is -0.274. The fourth-order valence-corrected chi connectivity index (χ4v) is 4.35. The molecule has 0 aliphatic carbocycles. The highest BCUT2D eigenvalue weighted by Crippen LogP contribution is 2.33. The normalized spacial score (nSPS) is 15.4. The Morgan fingerprint density at radius 1 is 1.11 bits per heavy atom. The summed E-state index contributed by atoms with van der Waals surface area (Å²) in [6.07, 6.45) is 1.73. The smallest absolute Gasteiger partial charge is 0.293 e. The molecule has 0 atom stereocenters. The van der Waals surface area contributed by atoms with E-state index in [0.717, 1.165) is 43.5 Å². The molecule has 0 radical (unpaired) electrons. The van der Waals surface area contributed by atoms with Gasteiger partial charge in [0.15, 0.2) is 0 Å². The summed E-state index contributed by atoms with van der Waals surface area (Å²) in [6.45, 7) is 4.44. The molecule has 1 saturated heterocycles. The van der Waals surface area contributed by atoms with Crippen LogP contribution in [0.5, 0.6) is 11.5 Å². The van der Waals surface area contributed by atoms with Gasteiger partial charge in [-0.3, -0.25) is 14.5 Å². The molecule has 1 heterocycles. The topological polar surface area (TPSA) is 55.8 Å². The van der Waals surface area contributed by atoms with Crippen LogP contribution in [0.2, 0.25) is 0 Å². The average Bonchev–Trinajstić information content (AvgIpc) is 2.92. The van der Waals surface area contributed by atoms with Crippen molar-refractivity contribution >= 4 is 51.6 Å². The van der Waals surface area contributed by atoms with Crippen LogP contribution in [-0.2, 0) is 4.79 Å². The van der Waals surface area contributed by atoms with E-state index in [1.54, 1.807) is 13.2 Å². The number of rotatable bonds is 6. The van der Waals surface area contributed by atoms with E-state index in [2.05, 4.69) is 22.6 Å². The van der Waals surface area contributed by atoms with Crippen molar-refractivity contribution in [3.05, 3.63) is 61.6 Å². The zero-order chi connectivity index (χ0) is 20.3. The highest BCUT2D eigenvalue weighted by molar-refractivity contribution is 14.1. The molecule has 2 amide bonds. The van der Waals surface area contributed by atoms with E-state index in [1.807, 2.05) is 50.2 Å². The number of hydrogen-bond donors (Lipinski definition) is 0. The van der Waals surface area contributed by atoms with Crippen molar-refractivity contribution in [2.45, 2.75) is 13.8 Å². The molecule has 5 nitrogen and oxygen atoms in total. The van der Waals surface area contributed by atoms with Crippen molar-refractivity contribution in [2.24, 2.45) is 0 Å². The first-order chi connectivity index (χ1) is 13.4. The first kappa shape index (κ1) is 20.7. The lowest BCUT2D eigenvalue weighted by molar-refractivity contribution is -0.123. The highest BCUT2D eigenvalue weighted by Gasteiger charge is 2.34. The molecule has 1 aliphatic heterocycles. The number of amides is 2. The second kappa shape index (κ2) is 9.00. The van der Waals surface area contributed by atoms with Crippen LogP contribution in [0.1, 0.15) is 16.7 Å². The number of imide groups is 1. The number of benzene rings is 2. The maximum atomic E-state index is 12.6. The minimum absolute atomic E-state index is 0.218.